The van der Waals surface area contributed by atoms with Gasteiger partial charge in [-0.1, -0.05) is 5.16 Å². The number of hydrogen-bond donors (Lipinski definition) is 3. The molecule has 0 fully saturated rings. The van der Waals surface area contributed by atoms with Crippen molar-refractivity contribution in [2.24, 2.45) is 5.16 Å². The predicted molar refractivity (Wildman–Crippen MR) is 93.8 cm³/mol. The van der Waals surface area contributed by atoms with Crippen LogP contribution in [-0.4, -0.2) is 51.3 Å². The number of aliphatic hydroxyl groups is 1. The maximum absolute atomic E-state index is 12.1. The minimum atomic E-state index is -3.54. The van der Waals surface area contributed by atoms with Crippen LogP contribution in [0.4, 0.5) is 0 Å². The number of carbonyl (C=O) groups is 1. The first-order valence-electron chi connectivity index (χ1n) is 7.41. The third-order valence-corrected chi connectivity index (χ3v) is 4.99. The van der Waals surface area contributed by atoms with Gasteiger partial charge in [0.1, 0.15) is 12.4 Å². The fourth-order valence-electron chi connectivity index (χ4n) is 2.61. The van der Waals surface area contributed by atoms with Gasteiger partial charge >= 0.3 is 0 Å². The van der Waals surface area contributed by atoms with Gasteiger partial charge < -0.3 is 20.7 Å². The normalized spacial score (nSPS) is 15.1. The molecular formula is C16H19N3O5S. The quantitative estimate of drug-likeness (QED) is 0.410. The molecule has 2 rings (SSSR count). The second kappa shape index (κ2) is 7.06. The Morgan fingerprint density at radius 1 is 1.44 bits per heavy atom. The molecule has 1 heterocycles. The maximum atomic E-state index is 12.1. The maximum Gasteiger partial charge on any atom is 0.256 e. The van der Waals surface area contributed by atoms with Gasteiger partial charge in [-0.15, -0.1) is 0 Å². The first-order chi connectivity index (χ1) is 11.7. The topological polar surface area (TPSA) is 129 Å². The zero-order valence-electron chi connectivity index (χ0n) is 14.1. The lowest BCUT2D eigenvalue weighted by molar-refractivity contribution is -0.116. The summed E-state index contributed by atoms with van der Waals surface area (Å²) in [5, 5.41) is 24.1. The molecule has 1 aliphatic heterocycles. The smallest absolute Gasteiger partial charge is 0.256 e. The Morgan fingerprint density at radius 3 is 2.60 bits per heavy atom. The highest BCUT2D eigenvalue weighted by Gasteiger charge is 2.26. The van der Waals surface area contributed by atoms with Crippen molar-refractivity contribution in [3.05, 3.63) is 34.4 Å². The van der Waals surface area contributed by atoms with Crippen molar-refractivity contribution in [2.75, 3.05) is 19.9 Å². The number of hydrogen-bond acceptors (Lipinski definition) is 7. The number of amides is 1. The van der Waals surface area contributed by atoms with Crippen molar-refractivity contribution < 1.29 is 23.2 Å². The van der Waals surface area contributed by atoms with E-state index in [1.165, 1.54) is 19.2 Å². The van der Waals surface area contributed by atoms with E-state index in [0.29, 0.717) is 29.9 Å². The van der Waals surface area contributed by atoms with Crippen molar-refractivity contribution in [1.29, 1.82) is 5.41 Å². The average Bonchev–Trinajstić information content (AvgIpc) is 3.07. The van der Waals surface area contributed by atoms with E-state index < -0.39 is 21.5 Å². The van der Waals surface area contributed by atoms with Crippen LogP contribution in [-0.2, 0) is 19.5 Å². The molecule has 1 aromatic carbocycles. The van der Waals surface area contributed by atoms with Gasteiger partial charge in [0.2, 0.25) is 0 Å². The van der Waals surface area contributed by atoms with Crippen molar-refractivity contribution in [3.8, 4) is 0 Å². The average molecular weight is 365 g/mol. The molecule has 0 saturated heterocycles. The lowest BCUT2D eigenvalue weighted by Gasteiger charge is -2.15. The third-order valence-electron chi connectivity index (χ3n) is 3.85. The van der Waals surface area contributed by atoms with Gasteiger partial charge in [-0.25, -0.2) is 8.42 Å². The number of benzene rings is 1. The molecule has 0 saturated carbocycles. The lowest BCUT2D eigenvalue weighted by Crippen LogP contribution is -2.22. The molecule has 25 heavy (non-hydrogen) atoms. The lowest BCUT2D eigenvalue weighted by atomic mass is 9.95. The monoisotopic (exact) mass is 365 g/mol. The highest BCUT2D eigenvalue weighted by Crippen LogP contribution is 2.30. The number of rotatable bonds is 5. The molecule has 0 bridgehead atoms. The second-order valence-electron chi connectivity index (χ2n) is 5.49. The summed E-state index contributed by atoms with van der Waals surface area (Å²) in [7, 11) is -2.16. The number of carbonyl (C=O) groups excluding carboxylic acids is 1. The van der Waals surface area contributed by atoms with E-state index in [2.05, 4.69) is 10.5 Å². The van der Waals surface area contributed by atoms with Crippen LogP contribution in [0.15, 0.2) is 27.8 Å². The van der Waals surface area contributed by atoms with Crippen LogP contribution in [0.5, 0.6) is 0 Å². The second-order valence-corrected chi connectivity index (χ2v) is 7.47. The molecule has 8 nitrogen and oxygen atoms in total. The minimum Gasteiger partial charge on any atom is -0.506 e. The molecule has 0 radical (unpaired) electrons. The molecule has 1 aromatic rings. The fourth-order valence-corrected chi connectivity index (χ4v) is 3.57. The standard InChI is InChI=1S/C16H19N3O5S/c1-9-10(15(20)11(8-17)16(21)18-2)4-5-13(25(3,22)23)14(9)12-6-7-24-19-12/h4-5,8,17,20H,6-7H2,1-3H3,(H,18,21). The first kappa shape index (κ1) is 18.7. The fraction of sp³-hybridized carbons (Fsp3) is 0.312. The van der Waals surface area contributed by atoms with Crippen molar-refractivity contribution >= 4 is 33.4 Å². The third kappa shape index (κ3) is 3.55. The molecule has 0 atom stereocenters. The number of oxime groups is 1. The van der Waals surface area contributed by atoms with E-state index in [0.717, 1.165) is 12.5 Å². The van der Waals surface area contributed by atoms with Crippen LogP contribution in [0.3, 0.4) is 0 Å². The van der Waals surface area contributed by atoms with Gasteiger partial charge in [0.05, 0.1) is 16.2 Å². The predicted octanol–water partition coefficient (Wildman–Crippen LogP) is 1.19. The Kier molecular flexibility index (Phi) is 5.27. The summed E-state index contributed by atoms with van der Waals surface area (Å²) in [6.07, 6.45) is 2.27. The van der Waals surface area contributed by atoms with Crippen LogP contribution in [0.2, 0.25) is 0 Å². The summed E-state index contributed by atoms with van der Waals surface area (Å²) in [5.74, 6) is -1.03. The van der Waals surface area contributed by atoms with Gasteiger partial charge in [0.25, 0.3) is 5.91 Å². The van der Waals surface area contributed by atoms with Crippen molar-refractivity contribution in [3.63, 3.8) is 0 Å². The molecular weight excluding hydrogens is 346 g/mol. The number of likely N-dealkylation sites (N-methyl/N-ethyl adjacent to an activating group) is 1. The van der Waals surface area contributed by atoms with Crippen molar-refractivity contribution in [2.45, 2.75) is 18.2 Å². The summed E-state index contributed by atoms with van der Waals surface area (Å²) in [6.45, 7) is 1.97. The van der Waals surface area contributed by atoms with Gasteiger partial charge in [-0.05, 0) is 24.6 Å². The number of sulfone groups is 1. The minimum absolute atomic E-state index is 0.0714. The Morgan fingerprint density at radius 2 is 2.12 bits per heavy atom. The summed E-state index contributed by atoms with van der Waals surface area (Å²) in [4.78, 5) is 16.9. The van der Waals surface area contributed by atoms with Gasteiger partial charge in [0.15, 0.2) is 9.84 Å². The van der Waals surface area contributed by atoms with Crippen LogP contribution >= 0.6 is 0 Å². The number of nitrogens with zero attached hydrogens (tertiary/aromatic N) is 1. The highest BCUT2D eigenvalue weighted by molar-refractivity contribution is 7.90. The largest absolute Gasteiger partial charge is 0.506 e. The number of nitrogens with one attached hydrogen (secondary N) is 2. The molecule has 134 valence electrons. The van der Waals surface area contributed by atoms with Gasteiger partial charge in [-0.2, -0.15) is 0 Å². The van der Waals surface area contributed by atoms with Crippen LogP contribution in [0.1, 0.15) is 23.1 Å². The van der Waals surface area contributed by atoms with Crippen LogP contribution in [0.25, 0.3) is 5.76 Å². The van der Waals surface area contributed by atoms with E-state index in [-0.39, 0.29) is 16.0 Å². The van der Waals surface area contributed by atoms with E-state index in [1.54, 1.807) is 6.92 Å². The zero-order valence-corrected chi connectivity index (χ0v) is 14.9. The molecule has 0 unspecified atom stereocenters. The van der Waals surface area contributed by atoms with E-state index in [9.17, 15) is 18.3 Å². The Hall–Kier alpha value is -2.68. The molecule has 9 heteroatoms. The summed E-state index contributed by atoms with van der Waals surface area (Å²) in [6, 6.07) is 2.77. The van der Waals surface area contributed by atoms with Crippen LogP contribution < -0.4 is 5.32 Å². The molecule has 3 N–H and O–H groups in total. The SMILES string of the molecule is CNC(=O)C(C=N)=C(O)c1ccc(S(C)(=O)=O)c(C2=NOCC2)c1C. The van der Waals surface area contributed by atoms with E-state index in [4.69, 9.17) is 10.2 Å². The summed E-state index contributed by atoms with van der Waals surface area (Å²) in [5.41, 5.74) is 1.27. The van der Waals surface area contributed by atoms with E-state index >= 15 is 0 Å². The highest BCUT2D eigenvalue weighted by atomic mass is 32.2. The summed E-state index contributed by atoms with van der Waals surface area (Å²) >= 11 is 0. The van der Waals surface area contributed by atoms with Crippen LogP contribution in [0, 0.1) is 12.3 Å². The first-order valence-corrected chi connectivity index (χ1v) is 9.30. The molecule has 0 aromatic heterocycles. The Labute approximate surface area is 145 Å². The molecule has 1 aliphatic rings. The van der Waals surface area contributed by atoms with Gasteiger partial charge in [0, 0.05) is 37.1 Å². The summed E-state index contributed by atoms with van der Waals surface area (Å²) < 4.78 is 24.2. The van der Waals surface area contributed by atoms with E-state index in [1.807, 2.05) is 0 Å². The Bertz CT molecular complexity index is 901. The number of aliphatic hydroxyl groups excluding tert-OH is 1. The van der Waals surface area contributed by atoms with Crippen molar-refractivity contribution in [1.82, 2.24) is 5.32 Å². The Balaban J connectivity index is 2.79. The molecule has 0 aliphatic carbocycles. The molecule has 0 spiro atoms. The zero-order chi connectivity index (χ0) is 18.8. The van der Waals surface area contributed by atoms with Gasteiger partial charge in [-0.3, -0.25) is 4.79 Å². The molecule has 1 amide bonds.